The first-order chi connectivity index (χ1) is 12.7. The summed E-state index contributed by atoms with van der Waals surface area (Å²) in [4.78, 5) is 14.5. The van der Waals surface area contributed by atoms with E-state index < -0.39 is 0 Å². The number of hydrogen-bond acceptors (Lipinski definition) is 3. The van der Waals surface area contributed by atoms with Crippen LogP contribution in [0, 0.1) is 12.8 Å². The molecule has 0 atom stereocenters. The number of nitrogens with zero attached hydrogens (tertiary/aromatic N) is 1. The SMILES string of the molecule is COc1ccc(C)cc1NCC(=O)N1CCC(Cc2ccccc2)CC1. The Kier molecular flexibility index (Phi) is 6.16. The molecule has 1 aliphatic heterocycles. The number of benzene rings is 2. The van der Waals surface area contributed by atoms with Crippen LogP contribution in [0.5, 0.6) is 5.75 Å². The van der Waals surface area contributed by atoms with Crippen LogP contribution in [-0.4, -0.2) is 37.6 Å². The van der Waals surface area contributed by atoms with E-state index >= 15 is 0 Å². The van der Waals surface area contributed by atoms with Crippen molar-refractivity contribution >= 4 is 11.6 Å². The summed E-state index contributed by atoms with van der Waals surface area (Å²) in [5.74, 6) is 1.60. The van der Waals surface area contributed by atoms with Crippen molar-refractivity contribution in [1.82, 2.24) is 4.90 Å². The average molecular weight is 352 g/mol. The maximum absolute atomic E-state index is 12.5. The van der Waals surface area contributed by atoms with Crippen LogP contribution in [-0.2, 0) is 11.2 Å². The highest BCUT2D eigenvalue weighted by Crippen LogP contribution is 2.25. The summed E-state index contributed by atoms with van der Waals surface area (Å²) >= 11 is 0. The van der Waals surface area contributed by atoms with E-state index in [2.05, 4.69) is 35.6 Å². The number of nitrogens with one attached hydrogen (secondary N) is 1. The Morgan fingerprint density at radius 1 is 1.15 bits per heavy atom. The minimum atomic E-state index is 0.159. The van der Waals surface area contributed by atoms with Crippen molar-refractivity contribution < 1.29 is 9.53 Å². The van der Waals surface area contributed by atoms with Crippen LogP contribution in [0.1, 0.15) is 24.0 Å². The Hall–Kier alpha value is -2.49. The molecule has 1 aliphatic rings. The van der Waals surface area contributed by atoms with E-state index in [0.717, 1.165) is 49.4 Å². The van der Waals surface area contributed by atoms with Crippen molar-refractivity contribution in [2.45, 2.75) is 26.2 Å². The molecule has 0 aromatic heterocycles. The van der Waals surface area contributed by atoms with E-state index in [4.69, 9.17) is 4.74 Å². The fourth-order valence-corrected chi connectivity index (χ4v) is 3.58. The number of likely N-dealkylation sites (tertiary alicyclic amines) is 1. The molecule has 0 spiro atoms. The Morgan fingerprint density at radius 2 is 1.88 bits per heavy atom. The van der Waals surface area contributed by atoms with Crippen molar-refractivity contribution in [2.75, 3.05) is 32.1 Å². The quantitative estimate of drug-likeness (QED) is 0.857. The number of carbonyl (C=O) groups excluding carboxylic acids is 1. The number of piperidine rings is 1. The molecule has 138 valence electrons. The van der Waals surface area contributed by atoms with Gasteiger partial charge in [-0.25, -0.2) is 0 Å². The number of aryl methyl sites for hydroxylation is 1. The summed E-state index contributed by atoms with van der Waals surface area (Å²) in [6.45, 7) is 4.04. The summed E-state index contributed by atoms with van der Waals surface area (Å²) in [6.07, 6.45) is 3.27. The van der Waals surface area contributed by atoms with E-state index in [1.807, 2.05) is 30.0 Å². The topological polar surface area (TPSA) is 41.6 Å². The first-order valence-corrected chi connectivity index (χ1v) is 9.36. The molecule has 3 rings (SSSR count). The van der Waals surface area contributed by atoms with Crippen molar-refractivity contribution in [3.8, 4) is 5.75 Å². The normalized spacial score (nSPS) is 14.9. The van der Waals surface area contributed by atoms with E-state index in [1.54, 1.807) is 7.11 Å². The van der Waals surface area contributed by atoms with Gasteiger partial charge in [0.05, 0.1) is 19.3 Å². The second-order valence-electron chi connectivity index (χ2n) is 7.07. The molecule has 4 nitrogen and oxygen atoms in total. The number of anilines is 1. The molecular formula is C22H28N2O2. The molecule has 0 bridgehead atoms. The predicted molar refractivity (Wildman–Crippen MR) is 106 cm³/mol. The molecule has 1 heterocycles. The lowest BCUT2D eigenvalue weighted by atomic mass is 9.90. The van der Waals surface area contributed by atoms with Gasteiger partial charge in [0.2, 0.25) is 5.91 Å². The van der Waals surface area contributed by atoms with Gasteiger partial charge in [-0.2, -0.15) is 0 Å². The molecule has 1 N–H and O–H groups in total. The Balaban J connectivity index is 1.47. The molecule has 2 aromatic rings. The second-order valence-corrected chi connectivity index (χ2v) is 7.07. The maximum Gasteiger partial charge on any atom is 0.241 e. The minimum Gasteiger partial charge on any atom is -0.495 e. The molecule has 0 radical (unpaired) electrons. The molecular weight excluding hydrogens is 324 g/mol. The molecule has 0 unspecified atom stereocenters. The van der Waals surface area contributed by atoms with Gasteiger partial charge >= 0.3 is 0 Å². The molecule has 4 heteroatoms. The molecule has 1 saturated heterocycles. The van der Waals surface area contributed by atoms with Crippen LogP contribution in [0.25, 0.3) is 0 Å². The summed E-state index contributed by atoms with van der Waals surface area (Å²) in [7, 11) is 1.65. The van der Waals surface area contributed by atoms with E-state index in [1.165, 1.54) is 5.56 Å². The molecule has 26 heavy (non-hydrogen) atoms. The Bertz CT molecular complexity index is 722. The van der Waals surface area contributed by atoms with Crippen LogP contribution in [0.2, 0.25) is 0 Å². The first-order valence-electron chi connectivity index (χ1n) is 9.36. The van der Waals surface area contributed by atoms with Crippen molar-refractivity contribution in [3.63, 3.8) is 0 Å². The highest BCUT2D eigenvalue weighted by atomic mass is 16.5. The smallest absolute Gasteiger partial charge is 0.241 e. The first kappa shape index (κ1) is 18.3. The zero-order valence-electron chi connectivity index (χ0n) is 15.7. The molecule has 2 aromatic carbocycles. The summed E-state index contributed by atoms with van der Waals surface area (Å²) in [5, 5.41) is 3.24. The van der Waals surface area contributed by atoms with E-state index in [0.29, 0.717) is 12.5 Å². The maximum atomic E-state index is 12.5. The monoisotopic (exact) mass is 352 g/mol. The number of methoxy groups -OCH3 is 1. The van der Waals surface area contributed by atoms with E-state index in [-0.39, 0.29) is 5.91 Å². The fraction of sp³-hybridized carbons (Fsp3) is 0.409. The van der Waals surface area contributed by atoms with Gasteiger partial charge in [0.25, 0.3) is 0 Å². The van der Waals surface area contributed by atoms with Crippen LogP contribution in [0.3, 0.4) is 0 Å². The van der Waals surface area contributed by atoms with Gasteiger partial charge in [-0.05, 0) is 55.4 Å². The molecule has 1 fully saturated rings. The highest BCUT2D eigenvalue weighted by Gasteiger charge is 2.22. The van der Waals surface area contributed by atoms with Gasteiger partial charge < -0.3 is 15.0 Å². The standard InChI is InChI=1S/C22H28N2O2/c1-17-8-9-21(26-2)20(14-17)23-16-22(25)24-12-10-19(11-13-24)15-18-6-4-3-5-7-18/h3-9,14,19,23H,10-13,15-16H2,1-2H3. The Labute approximate surface area is 156 Å². The third-order valence-corrected chi connectivity index (χ3v) is 5.12. The third-order valence-electron chi connectivity index (χ3n) is 5.12. The summed E-state index contributed by atoms with van der Waals surface area (Å²) in [6, 6.07) is 16.6. The predicted octanol–water partition coefficient (Wildman–Crippen LogP) is 3.90. The van der Waals surface area contributed by atoms with Gasteiger partial charge in [0.1, 0.15) is 5.75 Å². The van der Waals surface area contributed by atoms with Crippen LogP contribution in [0.15, 0.2) is 48.5 Å². The third kappa shape index (κ3) is 4.78. The zero-order valence-corrected chi connectivity index (χ0v) is 15.7. The number of amides is 1. The zero-order chi connectivity index (χ0) is 18.4. The lowest BCUT2D eigenvalue weighted by Gasteiger charge is -2.32. The summed E-state index contributed by atoms with van der Waals surface area (Å²) < 4.78 is 5.36. The van der Waals surface area contributed by atoms with Crippen molar-refractivity contribution in [2.24, 2.45) is 5.92 Å². The Morgan fingerprint density at radius 3 is 2.58 bits per heavy atom. The number of rotatable bonds is 6. The summed E-state index contributed by atoms with van der Waals surface area (Å²) in [5.41, 5.74) is 3.41. The molecule has 0 aliphatic carbocycles. The largest absolute Gasteiger partial charge is 0.495 e. The fourth-order valence-electron chi connectivity index (χ4n) is 3.58. The second kappa shape index (κ2) is 8.75. The van der Waals surface area contributed by atoms with Crippen LogP contribution < -0.4 is 10.1 Å². The van der Waals surface area contributed by atoms with Crippen molar-refractivity contribution in [1.29, 1.82) is 0 Å². The number of hydrogen-bond donors (Lipinski definition) is 1. The lowest BCUT2D eigenvalue weighted by Crippen LogP contribution is -2.41. The van der Waals surface area contributed by atoms with Crippen molar-refractivity contribution in [3.05, 3.63) is 59.7 Å². The van der Waals surface area contributed by atoms with Gasteiger partial charge in [-0.3, -0.25) is 4.79 Å². The highest BCUT2D eigenvalue weighted by molar-refractivity contribution is 5.81. The molecule has 0 saturated carbocycles. The average Bonchev–Trinajstić information content (AvgIpc) is 2.67. The van der Waals surface area contributed by atoms with Crippen LogP contribution in [0.4, 0.5) is 5.69 Å². The van der Waals surface area contributed by atoms with Gasteiger partial charge in [-0.15, -0.1) is 0 Å². The minimum absolute atomic E-state index is 0.159. The van der Waals surface area contributed by atoms with Crippen LogP contribution >= 0.6 is 0 Å². The van der Waals surface area contributed by atoms with Gasteiger partial charge in [-0.1, -0.05) is 36.4 Å². The van der Waals surface area contributed by atoms with Gasteiger partial charge in [0, 0.05) is 13.1 Å². The number of ether oxygens (including phenoxy) is 1. The number of carbonyl (C=O) groups is 1. The van der Waals surface area contributed by atoms with Gasteiger partial charge in [0.15, 0.2) is 0 Å². The lowest BCUT2D eigenvalue weighted by molar-refractivity contribution is -0.130. The van der Waals surface area contributed by atoms with E-state index in [9.17, 15) is 4.79 Å². The molecule has 1 amide bonds.